The standard InChI is InChI=1S/C13H17FN6OS2/c1-19(13(21)17-11-5-16-18-23-11)7-10-4-9(14)6-20(10)8-12-15-2-3-22-12/h2-3,5,9-10H,4,6-8H2,1H3,(H,17,21)/t9-,10-/m0/s1. The highest BCUT2D eigenvalue weighted by Crippen LogP contribution is 2.24. The Morgan fingerprint density at radius 3 is 3.17 bits per heavy atom. The average molecular weight is 356 g/mol. The van der Waals surface area contributed by atoms with Crippen molar-refractivity contribution in [2.45, 2.75) is 25.2 Å². The summed E-state index contributed by atoms with van der Waals surface area (Å²) in [5, 5.41) is 9.87. The van der Waals surface area contributed by atoms with Gasteiger partial charge in [-0.15, -0.1) is 16.4 Å². The number of carbonyl (C=O) groups is 1. The van der Waals surface area contributed by atoms with E-state index in [1.807, 2.05) is 5.38 Å². The maximum atomic E-state index is 13.8. The van der Waals surface area contributed by atoms with Gasteiger partial charge in [-0.3, -0.25) is 10.2 Å². The lowest BCUT2D eigenvalue weighted by molar-refractivity contribution is 0.183. The van der Waals surface area contributed by atoms with Crippen LogP contribution in [0.5, 0.6) is 0 Å². The number of aromatic nitrogens is 3. The van der Waals surface area contributed by atoms with Gasteiger partial charge in [0.25, 0.3) is 0 Å². The van der Waals surface area contributed by atoms with Gasteiger partial charge in [0.2, 0.25) is 0 Å². The van der Waals surface area contributed by atoms with Crippen LogP contribution in [0, 0.1) is 0 Å². The number of halogens is 1. The molecule has 1 aliphatic rings. The van der Waals surface area contributed by atoms with Crippen LogP contribution in [-0.4, -0.2) is 62.8 Å². The predicted molar refractivity (Wildman–Crippen MR) is 87.4 cm³/mol. The van der Waals surface area contributed by atoms with Gasteiger partial charge in [-0.25, -0.2) is 14.2 Å². The smallest absolute Gasteiger partial charge is 0.322 e. The first-order chi connectivity index (χ1) is 11.1. The largest absolute Gasteiger partial charge is 0.326 e. The summed E-state index contributed by atoms with van der Waals surface area (Å²) in [6.45, 7) is 1.47. The number of rotatable bonds is 5. The van der Waals surface area contributed by atoms with E-state index in [1.54, 1.807) is 29.5 Å². The van der Waals surface area contributed by atoms with Gasteiger partial charge >= 0.3 is 6.03 Å². The average Bonchev–Trinajstić information content (AvgIpc) is 3.23. The van der Waals surface area contributed by atoms with Crippen molar-refractivity contribution in [1.82, 2.24) is 24.4 Å². The van der Waals surface area contributed by atoms with E-state index >= 15 is 0 Å². The molecule has 1 saturated heterocycles. The molecule has 10 heteroatoms. The van der Waals surface area contributed by atoms with Crippen LogP contribution in [0.1, 0.15) is 11.4 Å². The molecule has 1 fully saturated rings. The monoisotopic (exact) mass is 356 g/mol. The molecule has 0 aromatic carbocycles. The fraction of sp³-hybridized carbons (Fsp3) is 0.538. The van der Waals surface area contributed by atoms with E-state index in [0.29, 0.717) is 31.1 Å². The molecular formula is C13H17FN6OS2. The van der Waals surface area contributed by atoms with Crippen LogP contribution < -0.4 is 5.32 Å². The van der Waals surface area contributed by atoms with Crippen LogP contribution in [0.4, 0.5) is 14.2 Å². The topological polar surface area (TPSA) is 74.2 Å². The number of likely N-dealkylation sites (N-methyl/N-ethyl adjacent to an activating group) is 1. The molecule has 2 aromatic heterocycles. The summed E-state index contributed by atoms with van der Waals surface area (Å²) >= 11 is 2.68. The molecule has 1 aliphatic heterocycles. The first-order valence-electron chi connectivity index (χ1n) is 7.18. The van der Waals surface area contributed by atoms with Crippen molar-refractivity contribution in [3.63, 3.8) is 0 Å². The molecule has 1 N–H and O–H groups in total. The third kappa shape index (κ3) is 4.21. The van der Waals surface area contributed by atoms with Crippen molar-refractivity contribution >= 4 is 33.9 Å². The number of nitrogens with one attached hydrogen (secondary N) is 1. The van der Waals surface area contributed by atoms with Crippen LogP contribution in [0.2, 0.25) is 0 Å². The number of alkyl halides is 1. The Hall–Kier alpha value is -1.65. The van der Waals surface area contributed by atoms with Gasteiger partial charge in [0.1, 0.15) is 16.2 Å². The first kappa shape index (κ1) is 16.2. The molecule has 0 saturated carbocycles. The van der Waals surface area contributed by atoms with Gasteiger partial charge in [0.15, 0.2) is 0 Å². The molecule has 23 heavy (non-hydrogen) atoms. The lowest BCUT2D eigenvalue weighted by Crippen LogP contribution is -2.42. The molecule has 3 heterocycles. The zero-order valence-electron chi connectivity index (χ0n) is 12.6. The van der Waals surface area contributed by atoms with Gasteiger partial charge in [-0.2, -0.15) is 0 Å². The SMILES string of the molecule is CN(C[C@@H]1C[C@H](F)CN1Cc1nccs1)C(=O)Nc1cnns1. The van der Waals surface area contributed by atoms with Crippen LogP contribution in [0.25, 0.3) is 0 Å². The molecule has 0 bridgehead atoms. The third-order valence-electron chi connectivity index (χ3n) is 3.72. The van der Waals surface area contributed by atoms with E-state index in [2.05, 4.69) is 24.8 Å². The molecule has 0 aliphatic carbocycles. The third-order valence-corrected chi connectivity index (χ3v) is 5.07. The minimum absolute atomic E-state index is 0.00997. The number of thiazole rings is 1. The fourth-order valence-corrected chi connectivity index (χ4v) is 3.68. The summed E-state index contributed by atoms with van der Waals surface area (Å²) < 4.78 is 17.5. The fourth-order valence-electron chi connectivity index (χ4n) is 2.63. The van der Waals surface area contributed by atoms with Gasteiger partial charge in [0.05, 0.1) is 12.7 Å². The van der Waals surface area contributed by atoms with Crippen molar-refractivity contribution in [3.05, 3.63) is 22.8 Å². The highest BCUT2D eigenvalue weighted by Gasteiger charge is 2.33. The highest BCUT2D eigenvalue weighted by molar-refractivity contribution is 7.10. The zero-order valence-corrected chi connectivity index (χ0v) is 14.2. The zero-order chi connectivity index (χ0) is 16.2. The molecule has 124 valence electrons. The molecule has 2 atom stereocenters. The van der Waals surface area contributed by atoms with Crippen molar-refractivity contribution in [1.29, 1.82) is 0 Å². The molecule has 2 aromatic rings. The molecule has 2 amide bonds. The summed E-state index contributed by atoms with van der Waals surface area (Å²) in [6.07, 6.45) is 2.83. The van der Waals surface area contributed by atoms with Crippen LogP contribution >= 0.6 is 22.9 Å². The van der Waals surface area contributed by atoms with Crippen molar-refractivity contribution in [3.8, 4) is 0 Å². The maximum Gasteiger partial charge on any atom is 0.322 e. The van der Waals surface area contributed by atoms with Gasteiger partial charge in [-0.1, -0.05) is 4.49 Å². The predicted octanol–water partition coefficient (Wildman–Crippen LogP) is 2.07. The molecule has 0 radical (unpaired) electrons. The second-order valence-electron chi connectivity index (χ2n) is 5.43. The van der Waals surface area contributed by atoms with Crippen LogP contribution in [-0.2, 0) is 6.54 Å². The van der Waals surface area contributed by atoms with E-state index in [1.165, 1.54) is 6.20 Å². The molecule has 0 unspecified atom stereocenters. The summed E-state index contributed by atoms with van der Waals surface area (Å²) in [5.74, 6) is 0. The number of amides is 2. The molecule has 3 rings (SSSR count). The second kappa shape index (κ2) is 7.28. The Bertz CT molecular complexity index is 622. The minimum Gasteiger partial charge on any atom is -0.326 e. The Kier molecular flexibility index (Phi) is 5.13. The normalized spacial score (nSPS) is 21.5. The Balaban J connectivity index is 1.57. The van der Waals surface area contributed by atoms with E-state index < -0.39 is 6.17 Å². The van der Waals surface area contributed by atoms with E-state index in [4.69, 9.17) is 0 Å². The number of urea groups is 1. The van der Waals surface area contributed by atoms with Gasteiger partial charge in [0, 0.05) is 49.3 Å². The van der Waals surface area contributed by atoms with E-state index in [0.717, 1.165) is 16.5 Å². The lowest BCUT2D eigenvalue weighted by Gasteiger charge is -2.27. The number of hydrogen-bond donors (Lipinski definition) is 1. The summed E-state index contributed by atoms with van der Waals surface area (Å²) in [6, 6.07) is -0.253. The number of hydrogen-bond acceptors (Lipinski definition) is 7. The van der Waals surface area contributed by atoms with Gasteiger partial charge < -0.3 is 4.90 Å². The number of nitrogens with zero attached hydrogens (tertiary/aromatic N) is 5. The maximum absolute atomic E-state index is 13.8. The van der Waals surface area contributed by atoms with Crippen LogP contribution in [0.3, 0.4) is 0 Å². The number of likely N-dealkylation sites (tertiary alicyclic amines) is 1. The summed E-state index contributed by atoms with van der Waals surface area (Å²) in [5.41, 5.74) is 0. The molecule has 0 spiro atoms. The van der Waals surface area contributed by atoms with Crippen molar-refractivity contribution in [2.75, 3.05) is 25.5 Å². The number of anilines is 1. The van der Waals surface area contributed by atoms with E-state index in [-0.39, 0.29) is 12.1 Å². The molecular weight excluding hydrogens is 339 g/mol. The first-order valence-corrected chi connectivity index (χ1v) is 8.83. The number of carbonyl (C=O) groups excluding carboxylic acids is 1. The lowest BCUT2D eigenvalue weighted by atomic mass is 10.2. The second-order valence-corrected chi connectivity index (χ2v) is 7.20. The van der Waals surface area contributed by atoms with Gasteiger partial charge in [-0.05, 0) is 6.42 Å². The Morgan fingerprint density at radius 2 is 2.48 bits per heavy atom. The van der Waals surface area contributed by atoms with Crippen molar-refractivity contribution < 1.29 is 9.18 Å². The quantitative estimate of drug-likeness (QED) is 0.888. The van der Waals surface area contributed by atoms with Crippen LogP contribution in [0.15, 0.2) is 17.8 Å². The van der Waals surface area contributed by atoms with E-state index in [9.17, 15) is 9.18 Å². The van der Waals surface area contributed by atoms with Crippen molar-refractivity contribution in [2.24, 2.45) is 0 Å². The Morgan fingerprint density at radius 1 is 1.61 bits per heavy atom. The Labute approximate surface area is 141 Å². The summed E-state index contributed by atoms with van der Waals surface area (Å²) in [4.78, 5) is 20.0. The molecule has 7 nitrogen and oxygen atoms in total. The summed E-state index contributed by atoms with van der Waals surface area (Å²) in [7, 11) is 1.71. The highest BCUT2D eigenvalue weighted by atomic mass is 32.1. The minimum atomic E-state index is -0.859.